The van der Waals surface area contributed by atoms with Crippen molar-refractivity contribution >= 4 is 5.82 Å². The summed E-state index contributed by atoms with van der Waals surface area (Å²) in [6, 6.07) is 3.11. The molecule has 1 N–H and O–H groups in total. The third-order valence-electron chi connectivity index (χ3n) is 2.48. The first-order valence-corrected chi connectivity index (χ1v) is 5.80. The Balaban J connectivity index is 2.30. The lowest BCUT2D eigenvalue weighted by Crippen LogP contribution is -2.04. The Kier molecular flexibility index (Phi) is 3.89. The van der Waals surface area contributed by atoms with E-state index < -0.39 is 11.6 Å². The molecule has 2 rings (SSSR count). The highest BCUT2D eigenvalue weighted by atomic mass is 19.1. The first kappa shape index (κ1) is 13.2. The zero-order valence-corrected chi connectivity index (χ0v) is 10.6. The van der Waals surface area contributed by atoms with Crippen molar-refractivity contribution in [2.45, 2.75) is 13.8 Å². The third kappa shape index (κ3) is 2.96. The van der Waals surface area contributed by atoms with Gasteiger partial charge in [-0.2, -0.15) is 0 Å². The Morgan fingerprint density at radius 3 is 2.74 bits per heavy atom. The Morgan fingerprint density at radius 1 is 1.26 bits per heavy atom. The average molecular weight is 265 g/mol. The molecular formula is C13H13F2N3O. The Hall–Kier alpha value is -2.24. The number of nitrogens with one attached hydrogen (secondary N) is 1. The molecule has 0 unspecified atom stereocenters. The van der Waals surface area contributed by atoms with E-state index in [0.29, 0.717) is 17.9 Å². The number of nitrogens with zero attached hydrogens (tertiary/aromatic N) is 2. The average Bonchev–Trinajstić information content (AvgIpc) is 2.37. The minimum absolute atomic E-state index is 0.0781. The highest BCUT2D eigenvalue weighted by Gasteiger charge is 2.11. The Morgan fingerprint density at radius 2 is 2.05 bits per heavy atom. The molecule has 0 radical (unpaired) electrons. The van der Waals surface area contributed by atoms with Crippen molar-refractivity contribution in [2.75, 3.05) is 11.9 Å². The smallest absolute Gasteiger partial charge is 0.227 e. The fourth-order valence-electron chi connectivity index (χ4n) is 1.54. The first-order chi connectivity index (χ1) is 9.11. The van der Waals surface area contributed by atoms with Gasteiger partial charge >= 0.3 is 0 Å². The monoisotopic (exact) mass is 265 g/mol. The second-order valence-electron chi connectivity index (χ2n) is 3.86. The van der Waals surface area contributed by atoms with Crippen molar-refractivity contribution < 1.29 is 13.5 Å². The molecule has 0 saturated heterocycles. The maximum absolute atomic E-state index is 13.5. The van der Waals surface area contributed by atoms with Crippen LogP contribution in [0.25, 0.3) is 0 Å². The van der Waals surface area contributed by atoms with Crippen LogP contribution in [0.15, 0.2) is 24.5 Å². The molecule has 0 spiro atoms. The van der Waals surface area contributed by atoms with Crippen LogP contribution in [0.2, 0.25) is 0 Å². The molecule has 0 bridgehead atoms. The van der Waals surface area contributed by atoms with Gasteiger partial charge in [0.2, 0.25) is 5.88 Å². The SMILES string of the molecule is CCNc1ncnc(Oc2ccc(F)cc2F)c1C. The molecular weight excluding hydrogens is 252 g/mol. The zero-order valence-electron chi connectivity index (χ0n) is 10.6. The molecule has 4 nitrogen and oxygen atoms in total. The summed E-state index contributed by atoms with van der Waals surface area (Å²) in [7, 11) is 0. The van der Waals surface area contributed by atoms with E-state index in [1.165, 1.54) is 12.4 Å². The fourth-order valence-corrected chi connectivity index (χ4v) is 1.54. The molecule has 0 aliphatic rings. The highest BCUT2D eigenvalue weighted by molar-refractivity contribution is 5.48. The molecule has 0 aliphatic heterocycles. The van der Waals surface area contributed by atoms with Gasteiger partial charge in [-0.15, -0.1) is 0 Å². The van der Waals surface area contributed by atoms with Crippen molar-refractivity contribution in [1.29, 1.82) is 0 Å². The number of rotatable bonds is 4. The number of benzene rings is 1. The maximum atomic E-state index is 13.5. The van der Waals surface area contributed by atoms with Gasteiger partial charge in [-0.1, -0.05) is 0 Å². The molecule has 2 aromatic rings. The van der Waals surface area contributed by atoms with Gasteiger partial charge in [-0.25, -0.2) is 18.7 Å². The van der Waals surface area contributed by atoms with Crippen LogP contribution in [0.5, 0.6) is 11.6 Å². The van der Waals surface area contributed by atoms with Crippen molar-refractivity contribution in [3.63, 3.8) is 0 Å². The van der Waals surface area contributed by atoms with E-state index in [-0.39, 0.29) is 11.6 Å². The highest BCUT2D eigenvalue weighted by Crippen LogP contribution is 2.28. The number of hydrogen-bond donors (Lipinski definition) is 1. The zero-order chi connectivity index (χ0) is 13.8. The summed E-state index contributed by atoms with van der Waals surface area (Å²) < 4.78 is 31.6. The second kappa shape index (κ2) is 5.60. The maximum Gasteiger partial charge on any atom is 0.227 e. The van der Waals surface area contributed by atoms with Gasteiger partial charge in [0.25, 0.3) is 0 Å². The number of anilines is 1. The molecule has 1 heterocycles. The van der Waals surface area contributed by atoms with Crippen LogP contribution >= 0.6 is 0 Å². The van der Waals surface area contributed by atoms with Gasteiger partial charge in [0.1, 0.15) is 18.0 Å². The van der Waals surface area contributed by atoms with Gasteiger partial charge in [-0.05, 0) is 26.0 Å². The fraction of sp³-hybridized carbons (Fsp3) is 0.231. The van der Waals surface area contributed by atoms with E-state index in [4.69, 9.17) is 4.74 Å². The Bertz CT molecular complexity index is 590. The molecule has 1 aromatic heterocycles. The van der Waals surface area contributed by atoms with Crippen LogP contribution in [0.3, 0.4) is 0 Å². The van der Waals surface area contributed by atoms with E-state index in [1.54, 1.807) is 6.92 Å². The summed E-state index contributed by atoms with van der Waals surface area (Å²) in [5.74, 6) is -0.655. The lowest BCUT2D eigenvalue weighted by molar-refractivity contribution is 0.420. The largest absolute Gasteiger partial charge is 0.435 e. The van der Waals surface area contributed by atoms with Gasteiger partial charge in [-0.3, -0.25) is 0 Å². The summed E-state index contributed by atoms with van der Waals surface area (Å²) in [5, 5.41) is 3.04. The standard InChI is InChI=1S/C13H13F2N3O/c1-3-16-12-8(2)13(18-7-17-12)19-11-5-4-9(14)6-10(11)15/h4-7H,3H2,1-2H3,(H,16,17,18). The van der Waals surface area contributed by atoms with Crippen molar-refractivity contribution in [1.82, 2.24) is 9.97 Å². The normalized spacial score (nSPS) is 10.3. The molecule has 0 amide bonds. The number of aromatic nitrogens is 2. The van der Waals surface area contributed by atoms with Gasteiger partial charge in [0.15, 0.2) is 11.6 Å². The van der Waals surface area contributed by atoms with Crippen LogP contribution in [0.1, 0.15) is 12.5 Å². The lowest BCUT2D eigenvalue weighted by atomic mass is 10.3. The number of halogens is 2. The summed E-state index contributed by atoms with van der Waals surface area (Å²) in [4.78, 5) is 8.00. The molecule has 0 fully saturated rings. The molecule has 0 atom stereocenters. The first-order valence-electron chi connectivity index (χ1n) is 5.80. The summed E-state index contributed by atoms with van der Waals surface area (Å²) in [6.07, 6.45) is 1.32. The van der Waals surface area contributed by atoms with E-state index in [2.05, 4.69) is 15.3 Å². The number of ether oxygens (including phenoxy) is 1. The minimum Gasteiger partial charge on any atom is -0.435 e. The van der Waals surface area contributed by atoms with E-state index in [1.807, 2.05) is 6.92 Å². The quantitative estimate of drug-likeness (QED) is 0.921. The topological polar surface area (TPSA) is 47.0 Å². The summed E-state index contributed by atoms with van der Waals surface area (Å²) in [5.41, 5.74) is 0.660. The van der Waals surface area contributed by atoms with Crippen LogP contribution in [-0.4, -0.2) is 16.5 Å². The van der Waals surface area contributed by atoms with Crippen LogP contribution in [0.4, 0.5) is 14.6 Å². The van der Waals surface area contributed by atoms with Crippen LogP contribution in [0, 0.1) is 18.6 Å². The van der Waals surface area contributed by atoms with Crippen LogP contribution in [-0.2, 0) is 0 Å². The number of hydrogen-bond acceptors (Lipinski definition) is 4. The molecule has 100 valence electrons. The molecule has 19 heavy (non-hydrogen) atoms. The molecule has 0 saturated carbocycles. The predicted octanol–water partition coefficient (Wildman–Crippen LogP) is 3.29. The van der Waals surface area contributed by atoms with Gasteiger partial charge < -0.3 is 10.1 Å². The van der Waals surface area contributed by atoms with Crippen molar-refractivity contribution in [2.24, 2.45) is 0 Å². The van der Waals surface area contributed by atoms with E-state index in [9.17, 15) is 8.78 Å². The molecule has 1 aromatic carbocycles. The Labute approximate surface area is 109 Å². The van der Waals surface area contributed by atoms with Crippen LogP contribution < -0.4 is 10.1 Å². The van der Waals surface area contributed by atoms with E-state index in [0.717, 1.165) is 12.1 Å². The predicted molar refractivity (Wildman–Crippen MR) is 67.4 cm³/mol. The summed E-state index contributed by atoms with van der Waals surface area (Å²) >= 11 is 0. The molecule has 0 aliphatic carbocycles. The van der Waals surface area contributed by atoms with Crippen molar-refractivity contribution in [3.8, 4) is 11.6 Å². The minimum atomic E-state index is -0.775. The molecule has 6 heteroatoms. The van der Waals surface area contributed by atoms with Crippen molar-refractivity contribution in [3.05, 3.63) is 41.7 Å². The van der Waals surface area contributed by atoms with Gasteiger partial charge in [0.05, 0.1) is 5.56 Å². The second-order valence-corrected chi connectivity index (χ2v) is 3.86. The third-order valence-corrected chi connectivity index (χ3v) is 2.48. The summed E-state index contributed by atoms with van der Waals surface area (Å²) in [6.45, 7) is 4.39. The van der Waals surface area contributed by atoms with Gasteiger partial charge in [0, 0.05) is 12.6 Å². The van der Waals surface area contributed by atoms with E-state index >= 15 is 0 Å². The lowest BCUT2D eigenvalue weighted by Gasteiger charge is -2.11.